The molecule has 0 bridgehead atoms. The fourth-order valence-corrected chi connectivity index (χ4v) is 7.45. The summed E-state index contributed by atoms with van der Waals surface area (Å²) < 4.78 is 28.2. The van der Waals surface area contributed by atoms with Crippen LogP contribution in [0.4, 0.5) is 0 Å². The quantitative estimate of drug-likeness (QED) is 0.0908. The van der Waals surface area contributed by atoms with Crippen LogP contribution in [-0.4, -0.2) is 26.6 Å². The fraction of sp³-hybridized carbons (Fsp3) is 0.935. The van der Waals surface area contributed by atoms with E-state index in [9.17, 15) is 4.57 Å². The second-order valence-corrected chi connectivity index (χ2v) is 13.8. The molecule has 38 heavy (non-hydrogen) atoms. The smallest absolute Gasteiger partial charge is 0.298 e. The predicted octanol–water partition coefficient (Wildman–Crippen LogP) is 10.4. The van der Waals surface area contributed by atoms with Crippen molar-refractivity contribution in [2.24, 2.45) is 0 Å². The summed E-state index contributed by atoms with van der Waals surface area (Å²) in [6.45, 7) is 13.2. The zero-order valence-electron chi connectivity index (χ0n) is 26.0. The molecule has 0 aliphatic carbocycles. The molecule has 224 valence electrons. The topological polar surface area (TPSA) is 77.1 Å². The van der Waals surface area contributed by atoms with Crippen LogP contribution in [0.1, 0.15) is 176 Å². The van der Waals surface area contributed by atoms with Crippen LogP contribution in [-0.2, 0) is 13.6 Å². The van der Waals surface area contributed by atoms with E-state index in [1.807, 2.05) is 0 Å². The van der Waals surface area contributed by atoms with Crippen molar-refractivity contribution >= 4 is 13.0 Å². The van der Waals surface area contributed by atoms with E-state index >= 15 is 0 Å². The molecule has 0 amide bonds. The number of nitrogens with one attached hydrogen (secondary N) is 1. The van der Waals surface area contributed by atoms with E-state index in [0.717, 1.165) is 51.4 Å². The zero-order chi connectivity index (χ0) is 28.2. The van der Waals surface area contributed by atoms with Gasteiger partial charge >= 0.3 is 7.60 Å². The lowest BCUT2D eigenvalue weighted by Crippen LogP contribution is -2.35. The standard InChI is InChI=1S/C31H62N3O3P/c1-7-11-15-19-23-27-31(6,26-22-18-14-10-4)37-38(35,29-28-32-34-33-29)36-30(5,24-20-16-12-8-2)25-21-17-13-9-3/h28H,7-27H2,1-6H3,(H,32,33,34). The van der Waals surface area contributed by atoms with Crippen molar-refractivity contribution < 1.29 is 13.6 Å². The molecule has 7 heteroatoms. The van der Waals surface area contributed by atoms with Crippen molar-refractivity contribution in [1.29, 1.82) is 0 Å². The largest absolute Gasteiger partial charge is 0.384 e. The maximum absolute atomic E-state index is 14.7. The monoisotopic (exact) mass is 555 g/mol. The lowest BCUT2D eigenvalue weighted by Gasteiger charge is -2.38. The van der Waals surface area contributed by atoms with Gasteiger partial charge in [0.25, 0.3) is 0 Å². The molecule has 2 unspecified atom stereocenters. The van der Waals surface area contributed by atoms with Gasteiger partial charge in [-0.1, -0.05) is 137 Å². The first-order valence-electron chi connectivity index (χ1n) is 16.1. The maximum atomic E-state index is 14.7. The van der Waals surface area contributed by atoms with Gasteiger partial charge in [-0.3, -0.25) is 13.6 Å². The van der Waals surface area contributed by atoms with Gasteiger partial charge in [0.1, 0.15) is 0 Å². The average Bonchev–Trinajstić information content (AvgIpc) is 3.43. The third kappa shape index (κ3) is 14.6. The third-order valence-electron chi connectivity index (χ3n) is 7.85. The molecule has 0 spiro atoms. The lowest BCUT2D eigenvalue weighted by atomic mass is 9.92. The van der Waals surface area contributed by atoms with Crippen LogP contribution in [0.5, 0.6) is 0 Å². The second-order valence-electron chi connectivity index (χ2n) is 12.0. The lowest BCUT2D eigenvalue weighted by molar-refractivity contribution is 0.000411. The number of unbranched alkanes of at least 4 members (excludes halogenated alkanes) is 13. The predicted molar refractivity (Wildman–Crippen MR) is 162 cm³/mol. The molecule has 0 aliphatic rings. The number of rotatable bonds is 26. The Morgan fingerprint density at radius 1 is 0.632 bits per heavy atom. The van der Waals surface area contributed by atoms with Gasteiger partial charge in [0.05, 0.1) is 17.4 Å². The summed E-state index contributed by atoms with van der Waals surface area (Å²) >= 11 is 0. The molecule has 0 saturated carbocycles. The average molecular weight is 556 g/mol. The van der Waals surface area contributed by atoms with Crippen LogP contribution in [0.2, 0.25) is 0 Å². The van der Waals surface area contributed by atoms with Gasteiger partial charge in [0.15, 0.2) is 5.44 Å². The fourth-order valence-electron chi connectivity index (χ4n) is 5.33. The van der Waals surface area contributed by atoms with Crippen molar-refractivity contribution in [2.45, 2.75) is 188 Å². The van der Waals surface area contributed by atoms with Crippen molar-refractivity contribution in [3.05, 3.63) is 6.20 Å². The van der Waals surface area contributed by atoms with Crippen molar-refractivity contribution in [3.8, 4) is 0 Å². The summed E-state index contributed by atoms with van der Waals surface area (Å²) in [5.41, 5.74) is -0.712. The van der Waals surface area contributed by atoms with Gasteiger partial charge in [-0.15, -0.1) is 5.10 Å². The number of hydrogen-bond donors (Lipinski definition) is 1. The van der Waals surface area contributed by atoms with E-state index in [-0.39, 0.29) is 0 Å². The molecule has 1 aromatic rings. The van der Waals surface area contributed by atoms with Crippen molar-refractivity contribution in [3.63, 3.8) is 0 Å². The van der Waals surface area contributed by atoms with Gasteiger partial charge < -0.3 is 0 Å². The third-order valence-corrected chi connectivity index (χ3v) is 9.99. The Morgan fingerprint density at radius 2 is 0.974 bits per heavy atom. The van der Waals surface area contributed by atoms with Gasteiger partial charge in [-0.2, -0.15) is 10.3 Å². The first kappa shape index (κ1) is 35.3. The van der Waals surface area contributed by atoms with E-state index < -0.39 is 18.8 Å². The number of hydrogen-bond acceptors (Lipinski definition) is 5. The Hall–Kier alpha value is -0.710. The Bertz CT molecular complexity index is 716. The summed E-state index contributed by atoms with van der Waals surface area (Å²) in [6, 6.07) is 0. The highest BCUT2D eigenvalue weighted by atomic mass is 31.2. The zero-order valence-corrected chi connectivity index (χ0v) is 26.9. The molecule has 0 radical (unpaired) electrons. The molecular weight excluding hydrogens is 493 g/mol. The van der Waals surface area contributed by atoms with Crippen LogP contribution in [0.15, 0.2) is 6.20 Å². The highest BCUT2D eigenvalue weighted by Gasteiger charge is 2.44. The minimum atomic E-state index is -3.70. The second kappa shape index (κ2) is 20.2. The van der Waals surface area contributed by atoms with Crippen LogP contribution in [0, 0.1) is 0 Å². The summed E-state index contributed by atoms with van der Waals surface area (Å²) in [5.74, 6) is 0. The minimum Gasteiger partial charge on any atom is -0.298 e. The van der Waals surface area contributed by atoms with E-state index in [1.54, 1.807) is 0 Å². The molecule has 1 rings (SSSR count). The molecule has 6 nitrogen and oxygen atoms in total. The van der Waals surface area contributed by atoms with Crippen LogP contribution < -0.4 is 5.44 Å². The van der Waals surface area contributed by atoms with Crippen molar-refractivity contribution in [1.82, 2.24) is 15.4 Å². The highest BCUT2D eigenvalue weighted by molar-refractivity contribution is 7.62. The Kier molecular flexibility index (Phi) is 18.8. The SMILES string of the molecule is CCCCCCCC(C)(CCCCCC)OP(=O)(OC(C)(CCCCCC)CCCCCC)c1cn[nH]n1. The highest BCUT2D eigenvalue weighted by Crippen LogP contribution is 2.56. The maximum Gasteiger partial charge on any atom is 0.384 e. The van der Waals surface area contributed by atoms with Crippen LogP contribution in [0.25, 0.3) is 0 Å². The van der Waals surface area contributed by atoms with E-state index in [0.29, 0.717) is 5.44 Å². The Balaban J connectivity index is 3.15. The van der Waals surface area contributed by atoms with Crippen LogP contribution >= 0.6 is 7.60 Å². The first-order chi connectivity index (χ1) is 18.3. The van der Waals surface area contributed by atoms with E-state index in [2.05, 4.69) is 57.0 Å². The minimum absolute atomic E-state index is 0.316. The molecular formula is C31H62N3O3P. The van der Waals surface area contributed by atoms with E-state index in [1.165, 1.54) is 89.7 Å². The first-order valence-corrected chi connectivity index (χ1v) is 17.7. The molecule has 1 aromatic heterocycles. The number of H-pyrrole nitrogens is 1. The Morgan fingerprint density at radius 3 is 1.29 bits per heavy atom. The molecule has 0 saturated heterocycles. The molecule has 1 heterocycles. The summed E-state index contributed by atoms with van der Waals surface area (Å²) in [6.07, 6.45) is 25.1. The summed E-state index contributed by atoms with van der Waals surface area (Å²) in [5, 5.41) is 10.9. The van der Waals surface area contributed by atoms with Crippen molar-refractivity contribution in [2.75, 3.05) is 0 Å². The summed E-state index contributed by atoms with van der Waals surface area (Å²) in [4.78, 5) is 0. The molecule has 2 atom stereocenters. The van der Waals surface area contributed by atoms with E-state index in [4.69, 9.17) is 9.05 Å². The van der Waals surface area contributed by atoms with Gasteiger partial charge in [0, 0.05) is 0 Å². The van der Waals surface area contributed by atoms with Gasteiger partial charge in [-0.05, 0) is 39.5 Å². The normalized spacial score (nSPS) is 15.4. The number of nitrogens with zero attached hydrogens (tertiary/aromatic N) is 2. The van der Waals surface area contributed by atoms with Gasteiger partial charge in [0.2, 0.25) is 0 Å². The van der Waals surface area contributed by atoms with Crippen LogP contribution in [0.3, 0.4) is 0 Å². The molecule has 1 N–H and O–H groups in total. The molecule has 0 aromatic carbocycles. The Labute approximate surface area is 235 Å². The molecule has 0 fully saturated rings. The molecule has 0 aliphatic heterocycles. The summed E-state index contributed by atoms with van der Waals surface area (Å²) in [7, 11) is -3.70. The number of aromatic amines is 1. The van der Waals surface area contributed by atoms with Gasteiger partial charge in [-0.25, -0.2) is 0 Å². The number of aromatic nitrogens is 3.